The van der Waals surface area contributed by atoms with Crippen LogP contribution in [0.25, 0.3) is 0 Å². The van der Waals surface area contributed by atoms with Gasteiger partial charge < -0.3 is 15.7 Å². The molecule has 16 heavy (non-hydrogen) atoms. The van der Waals surface area contributed by atoms with Crippen LogP contribution in [-0.2, 0) is 4.79 Å². The fourth-order valence-corrected chi connectivity index (χ4v) is 1.22. The van der Waals surface area contributed by atoms with Crippen LogP contribution in [0.3, 0.4) is 0 Å². The third-order valence-corrected chi connectivity index (χ3v) is 2.30. The van der Waals surface area contributed by atoms with Crippen LogP contribution >= 0.6 is 0 Å². The first kappa shape index (κ1) is 14.7. The van der Waals surface area contributed by atoms with Gasteiger partial charge in [0.05, 0.1) is 0 Å². The van der Waals surface area contributed by atoms with Gasteiger partial charge in [0.25, 0.3) is 0 Å². The number of carboxylic acids is 1. The summed E-state index contributed by atoms with van der Waals surface area (Å²) in [5.41, 5.74) is 0. The lowest BCUT2D eigenvalue weighted by atomic mass is 10.0. The van der Waals surface area contributed by atoms with Crippen molar-refractivity contribution in [3.05, 3.63) is 0 Å². The molecule has 5 heteroatoms. The number of carbonyl (C=O) groups excluding carboxylic acids is 1. The van der Waals surface area contributed by atoms with Gasteiger partial charge in [0, 0.05) is 6.04 Å². The minimum atomic E-state index is -0.993. The highest BCUT2D eigenvalue weighted by molar-refractivity contribution is 5.82. The zero-order chi connectivity index (χ0) is 12.7. The van der Waals surface area contributed by atoms with Crippen molar-refractivity contribution in [2.75, 3.05) is 0 Å². The van der Waals surface area contributed by atoms with Gasteiger partial charge in [-0.2, -0.15) is 0 Å². The normalized spacial score (nSPS) is 14.3. The maximum absolute atomic E-state index is 11.4. The second kappa shape index (κ2) is 7.09. The Balaban J connectivity index is 4.18. The van der Waals surface area contributed by atoms with E-state index in [2.05, 4.69) is 10.6 Å². The highest BCUT2D eigenvalue weighted by atomic mass is 16.4. The van der Waals surface area contributed by atoms with Crippen molar-refractivity contribution >= 4 is 12.0 Å². The summed E-state index contributed by atoms with van der Waals surface area (Å²) in [6.07, 6.45) is 1.25. The zero-order valence-corrected chi connectivity index (χ0v) is 10.4. The van der Waals surface area contributed by atoms with Gasteiger partial charge in [-0.25, -0.2) is 9.59 Å². The Kier molecular flexibility index (Phi) is 6.53. The van der Waals surface area contributed by atoms with E-state index in [-0.39, 0.29) is 12.0 Å². The first-order valence-corrected chi connectivity index (χ1v) is 5.66. The molecule has 0 aliphatic rings. The number of carboxylic acid groups (broad SMARTS) is 1. The van der Waals surface area contributed by atoms with Gasteiger partial charge in [0.2, 0.25) is 0 Å². The van der Waals surface area contributed by atoms with Crippen LogP contribution in [-0.4, -0.2) is 29.2 Å². The van der Waals surface area contributed by atoms with Crippen LogP contribution in [0.4, 0.5) is 4.79 Å². The number of hydrogen-bond acceptors (Lipinski definition) is 2. The highest BCUT2D eigenvalue weighted by Gasteiger charge is 2.21. The third-order valence-electron chi connectivity index (χ3n) is 2.30. The number of urea groups is 1. The number of carbonyl (C=O) groups is 2. The van der Waals surface area contributed by atoms with E-state index in [0.29, 0.717) is 6.42 Å². The molecule has 0 aromatic carbocycles. The summed E-state index contributed by atoms with van der Waals surface area (Å²) in [5, 5.41) is 14.1. The van der Waals surface area contributed by atoms with E-state index < -0.39 is 18.0 Å². The lowest BCUT2D eigenvalue weighted by Crippen LogP contribution is -2.48. The van der Waals surface area contributed by atoms with E-state index in [1.165, 1.54) is 0 Å². The molecule has 0 radical (unpaired) electrons. The fourth-order valence-electron chi connectivity index (χ4n) is 1.22. The summed E-state index contributed by atoms with van der Waals surface area (Å²) in [6.45, 7) is 7.67. The molecule has 0 aromatic rings. The molecular formula is C11H22N2O3. The average Bonchev–Trinajstić information content (AvgIpc) is 2.15. The second-order valence-corrected chi connectivity index (χ2v) is 4.45. The van der Waals surface area contributed by atoms with Gasteiger partial charge in [-0.1, -0.05) is 20.8 Å². The molecule has 1 unspecified atom stereocenters. The quantitative estimate of drug-likeness (QED) is 0.648. The fraction of sp³-hybridized carbons (Fsp3) is 0.818. The number of nitrogens with one attached hydrogen (secondary N) is 2. The van der Waals surface area contributed by atoms with Gasteiger partial charge in [-0.05, 0) is 25.7 Å². The Labute approximate surface area is 96.6 Å². The van der Waals surface area contributed by atoms with Gasteiger partial charge in [-0.3, -0.25) is 0 Å². The number of aliphatic carboxylic acids is 1. The van der Waals surface area contributed by atoms with E-state index in [1.54, 1.807) is 0 Å². The van der Waals surface area contributed by atoms with E-state index in [0.717, 1.165) is 6.42 Å². The van der Waals surface area contributed by atoms with E-state index >= 15 is 0 Å². The summed E-state index contributed by atoms with van der Waals surface area (Å²) < 4.78 is 0. The van der Waals surface area contributed by atoms with Crippen molar-refractivity contribution in [1.82, 2.24) is 10.6 Å². The van der Waals surface area contributed by atoms with Crippen LogP contribution in [0.15, 0.2) is 0 Å². The Bertz CT molecular complexity index is 241. The van der Waals surface area contributed by atoms with Crippen molar-refractivity contribution in [2.45, 2.75) is 52.6 Å². The van der Waals surface area contributed by atoms with Crippen LogP contribution in [0.5, 0.6) is 0 Å². The average molecular weight is 230 g/mol. The van der Waals surface area contributed by atoms with Crippen LogP contribution in [0.2, 0.25) is 0 Å². The predicted octanol–water partition coefficient (Wildman–Crippen LogP) is 1.58. The Morgan fingerprint density at radius 1 is 1.19 bits per heavy atom. The standard InChI is InChI=1S/C11H22N2O3/c1-5-8(4)12-11(16)13-9(10(14)15)6-7(2)3/h7-9H,5-6H2,1-4H3,(H,14,15)(H2,12,13,16)/t8?,9-/m1/s1. The molecule has 0 saturated carbocycles. The minimum absolute atomic E-state index is 0.0495. The first-order valence-electron chi connectivity index (χ1n) is 5.66. The summed E-state index contributed by atoms with van der Waals surface area (Å²) in [6, 6.07) is -1.18. The summed E-state index contributed by atoms with van der Waals surface area (Å²) in [5.74, 6) is -0.766. The van der Waals surface area contributed by atoms with E-state index in [9.17, 15) is 9.59 Å². The third kappa shape index (κ3) is 6.27. The molecule has 0 aromatic heterocycles. The smallest absolute Gasteiger partial charge is 0.326 e. The Morgan fingerprint density at radius 3 is 2.12 bits per heavy atom. The van der Waals surface area contributed by atoms with E-state index in [4.69, 9.17) is 5.11 Å². The zero-order valence-electron chi connectivity index (χ0n) is 10.4. The van der Waals surface area contributed by atoms with Gasteiger partial charge >= 0.3 is 12.0 Å². The van der Waals surface area contributed by atoms with E-state index in [1.807, 2.05) is 27.7 Å². The maximum atomic E-state index is 11.4. The van der Waals surface area contributed by atoms with Crippen LogP contribution < -0.4 is 10.6 Å². The molecule has 0 fully saturated rings. The lowest BCUT2D eigenvalue weighted by molar-refractivity contribution is -0.139. The first-order chi connectivity index (χ1) is 7.36. The molecule has 0 bridgehead atoms. The maximum Gasteiger partial charge on any atom is 0.326 e. The van der Waals surface area contributed by atoms with Crippen molar-refractivity contribution in [3.8, 4) is 0 Å². The number of rotatable bonds is 6. The molecule has 5 nitrogen and oxygen atoms in total. The number of hydrogen-bond donors (Lipinski definition) is 3. The largest absolute Gasteiger partial charge is 0.480 e. The molecule has 0 rings (SSSR count). The second-order valence-electron chi connectivity index (χ2n) is 4.45. The molecule has 94 valence electrons. The Hall–Kier alpha value is -1.26. The lowest BCUT2D eigenvalue weighted by Gasteiger charge is -2.18. The van der Waals surface area contributed by atoms with Crippen molar-refractivity contribution in [2.24, 2.45) is 5.92 Å². The molecular weight excluding hydrogens is 208 g/mol. The van der Waals surface area contributed by atoms with Gasteiger partial charge in [0.15, 0.2) is 0 Å². The van der Waals surface area contributed by atoms with Crippen LogP contribution in [0, 0.1) is 5.92 Å². The van der Waals surface area contributed by atoms with Crippen molar-refractivity contribution < 1.29 is 14.7 Å². The molecule has 0 aliphatic heterocycles. The minimum Gasteiger partial charge on any atom is -0.480 e. The van der Waals surface area contributed by atoms with Gasteiger partial charge in [0.1, 0.15) is 6.04 Å². The highest BCUT2D eigenvalue weighted by Crippen LogP contribution is 2.04. The van der Waals surface area contributed by atoms with Crippen molar-refractivity contribution in [3.63, 3.8) is 0 Å². The number of amides is 2. The molecule has 0 aliphatic carbocycles. The molecule has 0 saturated heterocycles. The summed E-state index contributed by atoms with van der Waals surface area (Å²) in [7, 11) is 0. The molecule has 3 N–H and O–H groups in total. The topological polar surface area (TPSA) is 78.4 Å². The Morgan fingerprint density at radius 2 is 1.75 bits per heavy atom. The molecule has 2 atom stereocenters. The summed E-state index contributed by atoms with van der Waals surface area (Å²) >= 11 is 0. The SMILES string of the molecule is CCC(C)NC(=O)N[C@H](CC(C)C)C(=O)O. The van der Waals surface area contributed by atoms with Crippen molar-refractivity contribution in [1.29, 1.82) is 0 Å². The summed E-state index contributed by atoms with van der Waals surface area (Å²) in [4.78, 5) is 22.3. The predicted molar refractivity (Wildman–Crippen MR) is 62.3 cm³/mol. The molecule has 0 heterocycles. The molecule has 2 amide bonds. The van der Waals surface area contributed by atoms with Crippen LogP contribution in [0.1, 0.15) is 40.5 Å². The molecule has 0 spiro atoms. The van der Waals surface area contributed by atoms with Gasteiger partial charge in [-0.15, -0.1) is 0 Å². The monoisotopic (exact) mass is 230 g/mol.